The quantitative estimate of drug-likeness (QED) is 0.711. The van der Waals surface area contributed by atoms with Gasteiger partial charge in [0.25, 0.3) is 5.56 Å². The Morgan fingerprint density at radius 1 is 1.22 bits per heavy atom. The van der Waals surface area contributed by atoms with Crippen LogP contribution in [-0.4, -0.2) is 24.5 Å². The van der Waals surface area contributed by atoms with E-state index in [1.807, 2.05) is 25.1 Å². The topological polar surface area (TPSA) is 106 Å². The fraction of sp³-hybridized carbons (Fsp3) is 0.316. The van der Waals surface area contributed by atoms with Crippen LogP contribution in [0, 0.1) is 0 Å². The van der Waals surface area contributed by atoms with E-state index in [2.05, 4.69) is 25.3 Å². The van der Waals surface area contributed by atoms with E-state index in [9.17, 15) is 9.59 Å². The summed E-state index contributed by atoms with van der Waals surface area (Å²) in [5.41, 5.74) is 2.55. The third kappa shape index (κ3) is 3.38. The third-order valence-electron chi connectivity index (χ3n) is 4.70. The predicted molar refractivity (Wildman–Crippen MR) is 102 cm³/mol. The van der Waals surface area contributed by atoms with E-state index in [4.69, 9.17) is 0 Å². The monoisotopic (exact) mass is 364 g/mol. The minimum absolute atomic E-state index is 0.278. The lowest BCUT2D eigenvalue weighted by molar-refractivity contribution is 0.683. The SMILES string of the molecule is CCn1cc(CNc2nc(-c3ccccn3)nc3c2CCC3)c(=O)[nH]c1=O. The van der Waals surface area contributed by atoms with Crippen molar-refractivity contribution < 1.29 is 0 Å². The van der Waals surface area contributed by atoms with Crippen LogP contribution < -0.4 is 16.6 Å². The number of rotatable bonds is 5. The van der Waals surface area contributed by atoms with Crippen molar-refractivity contribution in [1.29, 1.82) is 0 Å². The molecule has 0 saturated heterocycles. The van der Waals surface area contributed by atoms with Crippen molar-refractivity contribution in [3.05, 3.63) is 68.3 Å². The molecule has 1 aliphatic rings. The summed E-state index contributed by atoms with van der Waals surface area (Å²) in [6.45, 7) is 2.63. The summed E-state index contributed by atoms with van der Waals surface area (Å²) in [6.07, 6.45) is 6.16. The zero-order valence-corrected chi connectivity index (χ0v) is 15.0. The molecule has 8 heteroatoms. The first-order valence-corrected chi connectivity index (χ1v) is 9.03. The Labute approximate surface area is 155 Å². The molecule has 1 aliphatic carbocycles. The fourth-order valence-corrected chi connectivity index (χ4v) is 3.28. The summed E-state index contributed by atoms with van der Waals surface area (Å²) in [5, 5.41) is 3.27. The molecule has 3 aromatic heterocycles. The van der Waals surface area contributed by atoms with Gasteiger partial charge in [0.15, 0.2) is 5.82 Å². The number of hydrogen-bond acceptors (Lipinski definition) is 6. The predicted octanol–water partition coefficient (Wildman–Crippen LogP) is 1.51. The van der Waals surface area contributed by atoms with Crippen LogP contribution in [0.15, 0.2) is 40.2 Å². The molecule has 4 rings (SSSR count). The van der Waals surface area contributed by atoms with Crippen LogP contribution in [0.4, 0.5) is 5.82 Å². The summed E-state index contributed by atoms with van der Waals surface area (Å²) in [7, 11) is 0. The van der Waals surface area contributed by atoms with E-state index in [-0.39, 0.29) is 12.1 Å². The van der Waals surface area contributed by atoms with E-state index in [1.165, 1.54) is 4.57 Å². The van der Waals surface area contributed by atoms with Crippen LogP contribution in [0.3, 0.4) is 0 Å². The van der Waals surface area contributed by atoms with Gasteiger partial charge in [0, 0.05) is 36.7 Å². The molecule has 138 valence electrons. The van der Waals surface area contributed by atoms with Gasteiger partial charge in [0.05, 0.1) is 5.56 Å². The van der Waals surface area contributed by atoms with Gasteiger partial charge in [-0.25, -0.2) is 14.8 Å². The maximum absolute atomic E-state index is 12.1. The average Bonchev–Trinajstić information content (AvgIpc) is 3.16. The van der Waals surface area contributed by atoms with Gasteiger partial charge in [-0.05, 0) is 38.3 Å². The molecule has 0 aromatic carbocycles. The number of hydrogen-bond donors (Lipinski definition) is 2. The lowest BCUT2D eigenvalue weighted by Gasteiger charge is -2.12. The van der Waals surface area contributed by atoms with Crippen molar-refractivity contribution in [2.75, 3.05) is 5.32 Å². The van der Waals surface area contributed by atoms with Crippen molar-refractivity contribution >= 4 is 5.82 Å². The summed E-state index contributed by atoms with van der Waals surface area (Å²) in [5.74, 6) is 1.30. The standard InChI is InChI=1S/C19H20N6O2/c1-2-25-11-12(18(26)24-19(25)27)10-21-16-13-6-5-8-14(13)22-17(23-16)15-7-3-4-9-20-15/h3-4,7,9,11H,2,5-6,8,10H2,1H3,(H,21,22,23)(H,24,26,27). The van der Waals surface area contributed by atoms with Gasteiger partial charge < -0.3 is 9.88 Å². The molecule has 0 bridgehead atoms. The zero-order valence-electron chi connectivity index (χ0n) is 15.0. The molecule has 0 fully saturated rings. The number of H-pyrrole nitrogens is 1. The molecule has 0 unspecified atom stereocenters. The van der Waals surface area contributed by atoms with Gasteiger partial charge in [0.2, 0.25) is 0 Å². The molecule has 0 spiro atoms. The first-order chi connectivity index (χ1) is 13.2. The molecule has 0 atom stereocenters. The highest BCUT2D eigenvalue weighted by molar-refractivity contribution is 5.57. The second kappa shape index (κ2) is 7.14. The lowest BCUT2D eigenvalue weighted by atomic mass is 10.2. The molecule has 0 saturated carbocycles. The number of aryl methyl sites for hydroxylation is 2. The van der Waals surface area contributed by atoms with Crippen molar-refractivity contribution in [2.45, 2.75) is 39.3 Å². The number of anilines is 1. The van der Waals surface area contributed by atoms with Crippen LogP contribution >= 0.6 is 0 Å². The van der Waals surface area contributed by atoms with Crippen molar-refractivity contribution in [1.82, 2.24) is 24.5 Å². The van der Waals surface area contributed by atoms with Gasteiger partial charge >= 0.3 is 5.69 Å². The van der Waals surface area contributed by atoms with Gasteiger partial charge in [-0.2, -0.15) is 0 Å². The number of nitrogens with one attached hydrogen (secondary N) is 2. The minimum Gasteiger partial charge on any atom is -0.365 e. The summed E-state index contributed by atoms with van der Waals surface area (Å²) in [6, 6.07) is 5.63. The molecule has 3 heterocycles. The Morgan fingerprint density at radius 2 is 2.11 bits per heavy atom. The Kier molecular flexibility index (Phi) is 4.53. The molecule has 2 N–H and O–H groups in total. The molecule has 0 aliphatic heterocycles. The van der Waals surface area contributed by atoms with Crippen LogP contribution in [0.2, 0.25) is 0 Å². The second-order valence-electron chi connectivity index (χ2n) is 6.44. The number of fused-ring (bicyclic) bond motifs is 1. The van der Waals surface area contributed by atoms with Crippen LogP contribution in [0.25, 0.3) is 11.5 Å². The highest BCUT2D eigenvalue weighted by atomic mass is 16.2. The highest BCUT2D eigenvalue weighted by Gasteiger charge is 2.20. The van der Waals surface area contributed by atoms with Crippen molar-refractivity contribution in [2.24, 2.45) is 0 Å². The van der Waals surface area contributed by atoms with E-state index >= 15 is 0 Å². The summed E-state index contributed by atoms with van der Waals surface area (Å²) >= 11 is 0. The second-order valence-corrected chi connectivity index (χ2v) is 6.44. The number of nitrogens with zero attached hydrogens (tertiary/aromatic N) is 4. The van der Waals surface area contributed by atoms with Crippen molar-refractivity contribution in [3.63, 3.8) is 0 Å². The maximum atomic E-state index is 12.1. The Balaban J connectivity index is 1.67. The number of aromatic amines is 1. The maximum Gasteiger partial charge on any atom is 0.328 e. The van der Waals surface area contributed by atoms with E-state index in [0.29, 0.717) is 23.6 Å². The van der Waals surface area contributed by atoms with Crippen LogP contribution in [-0.2, 0) is 25.9 Å². The lowest BCUT2D eigenvalue weighted by Crippen LogP contribution is -2.32. The van der Waals surface area contributed by atoms with E-state index in [0.717, 1.165) is 36.3 Å². The Morgan fingerprint density at radius 3 is 2.89 bits per heavy atom. The van der Waals surface area contributed by atoms with Crippen molar-refractivity contribution in [3.8, 4) is 11.5 Å². The fourth-order valence-electron chi connectivity index (χ4n) is 3.28. The molecule has 27 heavy (non-hydrogen) atoms. The largest absolute Gasteiger partial charge is 0.365 e. The smallest absolute Gasteiger partial charge is 0.328 e. The molecule has 0 radical (unpaired) electrons. The number of pyridine rings is 1. The molecular weight excluding hydrogens is 344 g/mol. The van der Waals surface area contributed by atoms with E-state index < -0.39 is 5.69 Å². The summed E-state index contributed by atoms with van der Waals surface area (Å²) < 4.78 is 1.47. The third-order valence-corrected chi connectivity index (χ3v) is 4.70. The Bertz CT molecular complexity index is 1090. The van der Waals surface area contributed by atoms with Gasteiger partial charge in [0.1, 0.15) is 11.5 Å². The first-order valence-electron chi connectivity index (χ1n) is 9.03. The number of aromatic nitrogens is 5. The van der Waals surface area contributed by atoms with Crippen LogP contribution in [0.5, 0.6) is 0 Å². The van der Waals surface area contributed by atoms with E-state index in [1.54, 1.807) is 12.4 Å². The van der Waals surface area contributed by atoms with Gasteiger partial charge in [-0.1, -0.05) is 6.07 Å². The average molecular weight is 364 g/mol. The molecular formula is C19H20N6O2. The van der Waals surface area contributed by atoms with Crippen LogP contribution in [0.1, 0.15) is 30.2 Å². The first kappa shape index (κ1) is 17.1. The summed E-state index contributed by atoms with van der Waals surface area (Å²) in [4.78, 5) is 39.8. The molecule has 3 aromatic rings. The highest BCUT2D eigenvalue weighted by Crippen LogP contribution is 2.28. The molecule has 0 amide bonds. The van der Waals surface area contributed by atoms with Gasteiger partial charge in [-0.15, -0.1) is 0 Å². The minimum atomic E-state index is -0.397. The van der Waals surface area contributed by atoms with Gasteiger partial charge in [-0.3, -0.25) is 14.8 Å². The molecule has 8 nitrogen and oxygen atoms in total. The normalized spacial score (nSPS) is 12.8. The zero-order chi connectivity index (χ0) is 18.8. The Hall–Kier alpha value is -3.29.